The van der Waals surface area contributed by atoms with E-state index in [0.29, 0.717) is 48.2 Å². The molecular weight excluding hydrogens is 571 g/mol. The summed E-state index contributed by atoms with van der Waals surface area (Å²) in [6.07, 6.45) is -1.99. The van der Waals surface area contributed by atoms with Crippen LogP contribution < -0.4 is 5.32 Å². The van der Waals surface area contributed by atoms with Gasteiger partial charge in [-0.15, -0.1) is 0 Å². The number of carbonyl (C=O) groups excluding carboxylic acids is 2. The molecule has 0 spiro atoms. The first-order valence-corrected chi connectivity index (χ1v) is 14.4. The van der Waals surface area contributed by atoms with Crippen molar-refractivity contribution >= 4 is 28.4 Å². The molecule has 2 aromatic heterocycles. The number of ether oxygens (including phenoxy) is 1. The fourth-order valence-electron chi connectivity index (χ4n) is 5.67. The van der Waals surface area contributed by atoms with Gasteiger partial charge < -0.3 is 19.9 Å². The quantitative estimate of drug-likeness (QED) is 0.220. The summed E-state index contributed by atoms with van der Waals surface area (Å²) in [5, 5.41) is 3.53. The number of likely N-dealkylation sites (tertiary alicyclic amines) is 1. The second-order valence-corrected chi connectivity index (χ2v) is 11.6. The van der Waals surface area contributed by atoms with E-state index in [0.717, 1.165) is 29.1 Å². The van der Waals surface area contributed by atoms with Gasteiger partial charge in [0.25, 0.3) is 5.91 Å². The summed E-state index contributed by atoms with van der Waals surface area (Å²) in [6.45, 7) is 3.77. The number of methoxy groups -OCH3 is 1. The predicted octanol–water partition coefficient (Wildman–Crippen LogP) is 5.85. The van der Waals surface area contributed by atoms with Crippen molar-refractivity contribution in [3.05, 3.63) is 93.8 Å². The first kappa shape index (κ1) is 31.4. The lowest BCUT2D eigenvalue weighted by Crippen LogP contribution is -2.31. The lowest BCUT2D eigenvalue weighted by atomic mass is 9.98. The number of likely N-dealkylation sites (N-methyl/N-ethyl adjacent to an activating group) is 1. The Morgan fingerprint density at radius 3 is 2.64 bits per heavy atom. The van der Waals surface area contributed by atoms with E-state index in [4.69, 9.17) is 4.74 Å². The van der Waals surface area contributed by atoms with E-state index >= 15 is 0 Å². The van der Waals surface area contributed by atoms with Gasteiger partial charge in [0.2, 0.25) is 0 Å². The highest BCUT2D eigenvalue weighted by Gasteiger charge is 2.35. The van der Waals surface area contributed by atoms with E-state index in [1.54, 1.807) is 38.4 Å². The van der Waals surface area contributed by atoms with Crippen LogP contribution in [0.1, 0.15) is 55.1 Å². The lowest BCUT2D eigenvalue weighted by Gasteiger charge is -2.22. The second-order valence-electron chi connectivity index (χ2n) is 11.6. The van der Waals surface area contributed by atoms with Crippen LogP contribution in [-0.4, -0.2) is 71.8 Å². The fraction of sp³-hybridized carbons (Fsp3) is 0.364. The summed E-state index contributed by atoms with van der Waals surface area (Å²) >= 11 is 0. The van der Waals surface area contributed by atoms with Crippen LogP contribution in [0.25, 0.3) is 11.0 Å². The Morgan fingerprint density at radius 1 is 1.14 bits per heavy atom. The molecular formula is C33H36F3N5O3. The molecule has 1 atom stereocenters. The molecule has 4 aromatic rings. The maximum atomic E-state index is 14.1. The molecule has 5 rings (SSSR count). The summed E-state index contributed by atoms with van der Waals surface area (Å²) in [5.41, 5.74) is 2.95. The molecule has 0 aliphatic carbocycles. The van der Waals surface area contributed by atoms with Gasteiger partial charge in [-0.3, -0.25) is 14.5 Å². The summed E-state index contributed by atoms with van der Waals surface area (Å²) in [6, 6.07) is 12.7. The predicted molar refractivity (Wildman–Crippen MR) is 163 cm³/mol. The molecule has 2 N–H and O–H groups in total. The highest BCUT2D eigenvalue weighted by molar-refractivity contribution is 6.06. The van der Waals surface area contributed by atoms with Gasteiger partial charge in [0.15, 0.2) is 5.78 Å². The van der Waals surface area contributed by atoms with E-state index in [-0.39, 0.29) is 29.9 Å². The molecule has 1 saturated heterocycles. The largest absolute Gasteiger partial charge is 0.416 e. The van der Waals surface area contributed by atoms with Gasteiger partial charge in [-0.25, -0.2) is 4.98 Å². The zero-order valence-corrected chi connectivity index (χ0v) is 25.2. The zero-order valence-electron chi connectivity index (χ0n) is 25.2. The number of pyridine rings is 1. The number of Topliss-reactive ketones (excluding diaryl/α,β-unsaturated/α-hetero) is 1. The van der Waals surface area contributed by atoms with Crippen molar-refractivity contribution in [3.63, 3.8) is 0 Å². The normalized spacial score (nSPS) is 15.8. The number of aromatic nitrogens is 2. The Kier molecular flexibility index (Phi) is 9.19. The molecule has 0 bridgehead atoms. The Balaban J connectivity index is 1.30. The highest BCUT2D eigenvalue weighted by atomic mass is 19.4. The number of anilines is 1. The Hall–Kier alpha value is -4.06. The highest BCUT2D eigenvalue weighted by Crippen LogP contribution is 2.34. The number of halogens is 3. The number of hydrogen-bond donors (Lipinski definition) is 2. The smallest absolute Gasteiger partial charge is 0.378 e. The van der Waals surface area contributed by atoms with Crippen molar-refractivity contribution in [2.75, 3.05) is 39.6 Å². The summed E-state index contributed by atoms with van der Waals surface area (Å²) < 4.78 is 47.4. The van der Waals surface area contributed by atoms with Crippen LogP contribution in [0.15, 0.2) is 54.7 Å². The van der Waals surface area contributed by atoms with Crippen molar-refractivity contribution in [3.8, 4) is 0 Å². The van der Waals surface area contributed by atoms with E-state index < -0.39 is 17.6 Å². The molecule has 1 unspecified atom stereocenters. The van der Waals surface area contributed by atoms with Gasteiger partial charge in [0, 0.05) is 73.3 Å². The van der Waals surface area contributed by atoms with Crippen LogP contribution in [0.4, 0.5) is 18.9 Å². The molecule has 1 aliphatic rings. The minimum Gasteiger partial charge on any atom is -0.378 e. The van der Waals surface area contributed by atoms with Crippen molar-refractivity contribution < 1.29 is 27.5 Å². The van der Waals surface area contributed by atoms with Crippen LogP contribution in [0.2, 0.25) is 0 Å². The first-order chi connectivity index (χ1) is 20.9. The number of rotatable bonds is 10. The molecule has 1 fully saturated rings. The van der Waals surface area contributed by atoms with Gasteiger partial charge >= 0.3 is 6.18 Å². The average molecular weight is 608 g/mol. The number of carbonyl (C=O) groups is 2. The van der Waals surface area contributed by atoms with E-state index in [1.165, 1.54) is 12.1 Å². The zero-order chi connectivity index (χ0) is 31.6. The SMILES string of the molecule is COCc1cc2cc(CC(=O)c3cc(NC(=O)c4ccc(CN5CCC(N(C)C)C5)c(C(F)(F)F)c4)ccc3C)cnc2[nH]1. The number of nitrogens with zero attached hydrogens (tertiary/aromatic N) is 3. The van der Waals surface area contributed by atoms with Crippen LogP contribution in [0.3, 0.4) is 0 Å². The fourth-order valence-corrected chi connectivity index (χ4v) is 5.67. The van der Waals surface area contributed by atoms with Gasteiger partial charge in [-0.2, -0.15) is 13.2 Å². The Morgan fingerprint density at radius 2 is 1.93 bits per heavy atom. The lowest BCUT2D eigenvalue weighted by molar-refractivity contribution is -0.138. The number of ketones is 1. The first-order valence-electron chi connectivity index (χ1n) is 14.4. The number of benzene rings is 2. The molecule has 0 saturated carbocycles. The molecule has 1 amide bonds. The van der Waals surface area contributed by atoms with Crippen LogP contribution in [0.5, 0.6) is 0 Å². The molecule has 8 nitrogen and oxygen atoms in total. The Labute approximate surface area is 254 Å². The van der Waals surface area contributed by atoms with Gasteiger partial charge in [-0.05, 0) is 80.5 Å². The minimum atomic E-state index is -4.61. The van der Waals surface area contributed by atoms with Gasteiger partial charge in [0.05, 0.1) is 12.2 Å². The average Bonchev–Trinajstić information content (AvgIpc) is 3.60. The van der Waals surface area contributed by atoms with Crippen molar-refractivity contribution in [1.82, 2.24) is 19.8 Å². The molecule has 44 heavy (non-hydrogen) atoms. The number of aryl methyl sites for hydroxylation is 1. The van der Waals surface area contributed by atoms with Crippen molar-refractivity contribution in [1.29, 1.82) is 0 Å². The molecule has 232 valence electrons. The van der Waals surface area contributed by atoms with Crippen LogP contribution in [0, 0.1) is 6.92 Å². The third-order valence-corrected chi connectivity index (χ3v) is 8.09. The van der Waals surface area contributed by atoms with Crippen molar-refractivity contribution in [2.24, 2.45) is 0 Å². The molecule has 11 heteroatoms. The standard InChI is InChI=1S/C33H36F3N5O3/c1-20-5-8-25(15-28(20)30(42)12-21-11-24-13-26(19-44-4)38-31(24)37-16-21)39-32(43)22-6-7-23(29(14-22)33(34,35)36)17-41-10-9-27(18-41)40(2)3/h5-8,11,13-16,27H,9-10,12,17-19H2,1-4H3,(H,37,38)(H,39,43). The number of fused-ring (bicyclic) bond motifs is 1. The monoisotopic (exact) mass is 607 g/mol. The summed E-state index contributed by atoms with van der Waals surface area (Å²) in [7, 11) is 5.54. The minimum absolute atomic E-state index is 0.0919. The number of alkyl halides is 3. The van der Waals surface area contributed by atoms with Gasteiger partial charge in [-0.1, -0.05) is 12.1 Å². The third-order valence-electron chi connectivity index (χ3n) is 8.09. The second kappa shape index (κ2) is 12.9. The number of amides is 1. The summed E-state index contributed by atoms with van der Waals surface area (Å²) in [4.78, 5) is 38.0. The maximum absolute atomic E-state index is 14.1. The molecule has 0 radical (unpaired) electrons. The molecule has 1 aliphatic heterocycles. The number of aromatic amines is 1. The number of H-pyrrole nitrogens is 1. The third kappa shape index (κ3) is 7.18. The topological polar surface area (TPSA) is 90.6 Å². The molecule has 2 aromatic carbocycles. The number of hydrogen-bond acceptors (Lipinski definition) is 6. The van der Waals surface area contributed by atoms with Gasteiger partial charge in [0.1, 0.15) is 5.65 Å². The maximum Gasteiger partial charge on any atom is 0.416 e. The van der Waals surface area contributed by atoms with E-state index in [9.17, 15) is 22.8 Å². The van der Waals surface area contributed by atoms with Crippen LogP contribution >= 0.6 is 0 Å². The summed E-state index contributed by atoms with van der Waals surface area (Å²) in [5.74, 6) is -0.860. The van der Waals surface area contributed by atoms with E-state index in [1.807, 2.05) is 31.1 Å². The number of nitrogens with one attached hydrogen (secondary N) is 2. The Bertz CT molecular complexity index is 1680. The van der Waals surface area contributed by atoms with Crippen molar-refractivity contribution in [2.45, 2.75) is 45.1 Å². The van der Waals surface area contributed by atoms with Crippen LogP contribution in [-0.2, 0) is 30.5 Å². The molecule has 3 heterocycles. The van der Waals surface area contributed by atoms with E-state index in [2.05, 4.69) is 20.2 Å².